The summed E-state index contributed by atoms with van der Waals surface area (Å²) in [7, 11) is 1.61. The molecule has 1 saturated heterocycles. The number of nitrogens with zero attached hydrogens (tertiary/aromatic N) is 1. The Bertz CT molecular complexity index is 731. The van der Waals surface area contributed by atoms with Crippen LogP contribution < -0.4 is 20.3 Å². The molecule has 25 heavy (non-hydrogen) atoms. The van der Waals surface area contributed by atoms with Gasteiger partial charge in [0.05, 0.1) is 13.2 Å². The second-order valence-electron chi connectivity index (χ2n) is 5.92. The van der Waals surface area contributed by atoms with E-state index in [9.17, 15) is 9.59 Å². The molecule has 0 aliphatic carbocycles. The van der Waals surface area contributed by atoms with Gasteiger partial charge in [0.25, 0.3) is 0 Å². The third-order valence-electron chi connectivity index (χ3n) is 4.14. The number of nitrogens with one attached hydrogen (secondary N) is 2. The molecule has 0 saturated carbocycles. The maximum atomic E-state index is 12.1. The number of rotatable bonds is 5. The van der Waals surface area contributed by atoms with Crippen molar-refractivity contribution in [2.24, 2.45) is 0 Å². The number of carbonyl (C=O) groups excluding carboxylic acids is 2. The van der Waals surface area contributed by atoms with E-state index in [1.165, 1.54) is 0 Å². The van der Waals surface area contributed by atoms with Gasteiger partial charge in [-0.3, -0.25) is 4.79 Å². The second kappa shape index (κ2) is 7.70. The first-order chi connectivity index (χ1) is 12.2. The van der Waals surface area contributed by atoms with E-state index in [0.29, 0.717) is 19.5 Å². The molecular formula is C19H21N3O3. The molecule has 2 N–H and O–H groups in total. The number of hydrogen-bond acceptors (Lipinski definition) is 3. The Labute approximate surface area is 146 Å². The summed E-state index contributed by atoms with van der Waals surface area (Å²) in [6.07, 6.45) is 0.310. The summed E-state index contributed by atoms with van der Waals surface area (Å²) >= 11 is 0. The van der Waals surface area contributed by atoms with Crippen molar-refractivity contribution in [3.8, 4) is 5.75 Å². The third-order valence-corrected chi connectivity index (χ3v) is 4.14. The van der Waals surface area contributed by atoms with Crippen molar-refractivity contribution < 1.29 is 14.3 Å². The molecule has 1 fully saturated rings. The number of carbonyl (C=O) groups is 2. The highest BCUT2D eigenvalue weighted by Gasteiger charge is 2.31. The molecule has 2 aromatic carbocycles. The number of anilines is 1. The van der Waals surface area contributed by atoms with Gasteiger partial charge < -0.3 is 20.3 Å². The number of amides is 3. The van der Waals surface area contributed by atoms with Gasteiger partial charge in [0, 0.05) is 25.2 Å². The SMILES string of the molecule is COc1ccc(CNC(=O)NC2CC(=O)N(c3ccccc3)C2)cc1. The Morgan fingerprint density at radius 1 is 1.16 bits per heavy atom. The number of para-hydroxylation sites is 1. The summed E-state index contributed by atoms with van der Waals surface area (Å²) in [5.74, 6) is 0.797. The number of urea groups is 1. The number of methoxy groups -OCH3 is 1. The van der Waals surface area contributed by atoms with E-state index in [0.717, 1.165) is 17.0 Å². The second-order valence-corrected chi connectivity index (χ2v) is 5.92. The largest absolute Gasteiger partial charge is 0.497 e. The van der Waals surface area contributed by atoms with Crippen molar-refractivity contribution in [2.75, 3.05) is 18.6 Å². The van der Waals surface area contributed by atoms with Gasteiger partial charge in [-0.25, -0.2) is 4.79 Å². The molecule has 0 aromatic heterocycles. The molecule has 3 rings (SSSR count). The Morgan fingerprint density at radius 3 is 2.56 bits per heavy atom. The molecule has 6 heteroatoms. The summed E-state index contributed by atoms with van der Waals surface area (Å²) in [5.41, 5.74) is 1.83. The summed E-state index contributed by atoms with van der Waals surface area (Å²) in [6, 6.07) is 16.5. The van der Waals surface area contributed by atoms with Gasteiger partial charge in [-0.05, 0) is 29.8 Å². The molecule has 1 unspecified atom stereocenters. The highest BCUT2D eigenvalue weighted by atomic mass is 16.5. The van der Waals surface area contributed by atoms with Crippen LogP contribution in [0.4, 0.5) is 10.5 Å². The first-order valence-electron chi connectivity index (χ1n) is 8.18. The fourth-order valence-electron chi connectivity index (χ4n) is 2.82. The number of benzene rings is 2. The van der Waals surface area contributed by atoms with Crippen molar-refractivity contribution in [3.63, 3.8) is 0 Å². The quantitative estimate of drug-likeness (QED) is 0.878. The standard InChI is InChI=1S/C19H21N3O3/c1-25-17-9-7-14(8-10-17)12-20-19(24)21-15-11-18(23)22(13-15)16-5-3-2-4-6-16/h2-10,15H,11-13H2,1H3,(H2,20,21,24). The van der Waals surface area contributed by atoms with Crippen molar-refractivity contribution in [2.45, 2.75) is 19.0 Å². The first-order valence-corrected chi connectivity index (χ1v) is 8.18. The van der Waals surface area contributed by atoms with Crippen LogP contribution in [0.2, 0.25) is 0 Å². The van der Waals surface area contributed by atoms with Gasteiger partial charge in [-0.15, -0.1) is 0 Å². The molecular weight excluding hydrogens is 318 g/mol. The Kier molecular flexibility index (Phi) is 5.18. The molecule has 130 valence electrons. The molecule has 1 aliphatic rings. The number of hydrogen-bond donors (Lipinski definition) is 2. The molecule has 0 bridgehead atoms. The van der Waals surface area contributed by atoms with E-state index < -0.39 is 0 Å². The highest BCUT2D eigenvalue weighted by molar-refractivity contribution is 5.96. The Balaban J connectivity index is 1.49. The maximum Gasteiger partial charge on any atom is 0.315 e. The lowest BCUT2D eigenvalue weighted by Gasteiger charge is -2.17. The summed E-state index contributed by atoms with van der Waals surface area (Å²) in [4.78, 5) is 25.9. The monoisotopic (exact) mass is 339 g/mol. The molecule has 1 aliphatic heterocycles. The topological polar surface area (TPSA) is 70.7 Å². The predicted molar refractivity (Wildman–Crippen MR) is 95.6 cm³/mol. The van der Waals surface area contributed by atoms with E-state index >= 15 is 0 Å². The van der Waals surface area contributed by atoms with Gasteiger partial charge in [-0.1, -0.05) is 30.3 Å². The Hall–Kier alpha value is -3.02. The van der Waals surface area contributed by atoms with Gasteiger partial charge in [0.1, 0.15) is 5.75 Å². The molecule has 1 heterocycles. The third kappa shape index (κ3) is 4.29. The fraction of sp³-hybridized carbons (Fsp3) is 0.263. The van der Waals surface area contributed by atoms with Gasteiger partial charge in [0.2, 0.25) is 5.91 Å². The van der Waals surface area contributed by atoms with Crippen molar-refractivity contribution in [1.29, 1.82) is 0 Å². The van der Waals surface area contributed by atoms with E-state index in [2.05, 4.69) is 10.6 Å². The molecule has 6 nitrogen and oxygen atoms in total. The zero-order chi connectivity index (χ0) is 17.6. The summed E-state index contributed by atoms with van der Waals surface area (Å²) < 4.78 is 5.10. The van der Waals surface area contributed by atoms with Gasteiger partial charge in [-0.2, -0.15) is 0 Å². The van der Waals surface area contributed by atoms with E-state index in [1.807, 2.05) is 54.6 Å². The summed E-state index contributed by atoms with van der Waals surface area (Å²) in [5, 5.41) is 5.68. The minimum absolute atomic E-state index is 0.0201. The molecule has 2 aromatic rings. The van der Waals surface area contributed by atoms with E-state index in [4.69, 9.17) is 4.74 Å². The first kappa shape index (κ1) is 16.8. The van der Waals surface area contributed by atoms with E-state index in [1.54, 1.807) is 12.0 Å². The van der Waals surface area contributed by atoms with Crippen LogP contribution >= 0.6 is 0 Å². The Morgan fingerprint density at radius 2 is 1.88 bits per heavy atom. The molecule has 1 atom stereocenters. The van der Waals surface area contributed by atoms with Crippen LogP contribution in [0.1, 0.15) is 12.0 Å². The predicted octanol–water partition coefficient (Wildman–Crippen LogP) is 2.30. The van der Waals surface area contributed by atoms with Crippen LogP contribution in [0.3, 0.4) is 0 Å². The van der Waals surface area contributed by atoms with Crippen molar-refractivity contribution in [3.05, 3.63) is 60.2 Å². The smallest absolute Gasteiger partial charge is 0.315 e. The minimum atomic E-state index is -0.275. The average Bonchev–Trinajstić information content (AvgIpc) is 3.01. The van der Waals surface area contributed by atoms with Gasteiger partial charge >= 0.3 is 6.03 Å². The van der Waals surface area contributed by atoms with Crippen LogP contribution in [0.15, 0.2) is 54.6 Å². The van der Waals surface area contributed by atoms with Crippen molar-refractivity contribution >= 4 is 17.6 Å². The normalized spacial score (nSPS) is 16.6. The van der Waals surface area contributed by atoms with Crippen LogP contribution in [0.5, 0.6) is 5.75 Å². The zero-order valence-corrected chi connectivity index (χ0v) is 14.1. The van der Waals surface area contributed by atoms with Crippen LogP contribution in [0, 0.1) is 0 Å². The van der Waals surface area contributed by atoms with Crippen LogP contribution in [0.25, 0.3) is 0 Å². The van der Waals surface area contributed by atoms with E-state index in [-0.39, 0.29) is 18.0 Å². The minimum Gasteiger partial charge on any atom is -0.497 e. The zero-order valence-electron chi connectivity index (χ0n) is 14.1. The highest BCUT2D eigenvalue weighted by Crippen LogP contribution is 2.20. The average molecular weight is 339 g/mol. The molecule has 3 amide bonds. The molecule has 0 radical (unpaired) electrons. The summed E-state index contributed by atoms with van der Waals surface area (Å²) in [6.45, 7) is 0.900. The lowest BCUT2D eigenvalue weighted by molar-refractivity contribution is -0.117. The maximum absolute atomic E-state index is 12.1. The lowest BCUT2D eigenvalue weighted by Crippen LogP contribution is -2.43. The van der Waals surface area contributed by atoms with Gasteiger partial charge in [0.15, 0.2) is 0 Å². The fourth-order valence-corrected chi connectivity index (χ4v) is 2.82. The lowest BCUT2D eigenvalue weighted by atomic mass is 10.2. The van der Waals surface area contributed by atoms with Crippen LogP contribution in [-0.4, -0.2) is 31.6 Å². The van der Waals surface area contributed by atoms with Crippen molar-refractivity contribution in [1.82, 2.24) is 10.6 Å². The number of ether oxygens (including phenoxy) is 1. The van der Waals surface area contributed by atoms with Crippen LogP contribution in [-0.2, 0) is 11.3 Å². The molecule has 0 spiro atoms.